The van der Waals surface area contributed by atoms with E-state index in [0.717, 1.165) is 12.8 Å². The minimum atomic E-state index is -0.0250. The van der Waals surface area contributed by atoms with E-state index in [1.54, 1.807) is 37.7 Å². The number of amides is 1. The van der Waals surface area contributed by atoms with Gasteiger partial charge in [0.05, 0.1) is 14.2 Å². The lowest BCUT2D eigenvalue weighted by atomic mass is 10.1. The van der Waals surface area contributed by atoms with Gasteiger partial charge in [0.25, 0.3) is 5.91 Å². The Bertz CT molecular complexity index is 628. The first-order valence-electron chi connectivity index (χ1n) is 7.27. The molecule has 0 N–H and O–H groups in total. The van der Waals surface area contributed by atoms with Crippen molar-refractivity contribution < 1.29 is 14.3 Å². The van der Waals surface area contributed by atoms with Crippen LogP contribution in [-0.2, 0) is 6.54 Å². The zero-order valence-corrected chi connectivity index (χ0v) is 13.6. The minimum absolute atomic E-state index is 0.0250. The molecule has 1 amide bonds. The van der Waals surface area contributed by atoms with Crippen molar-refractivity contribution in [2.24, 2.45) is 0 Å². The van der Waals surface area contributed by atoms with Crippen molar-refractivity contribution >= 4 is 17.2 Å². The van der Waals surface area contributed by atoms with Gasteiger partial charge in [0, 0.05) is 12.6 Å². The van der Waals surface area contributed by atoms with Gasteiger partial charge in [-0.25, -0.2) is 0 Å². The van der Waals surface area contributed by atoms with Crippen molar-refractivity contribution in [2.75, 3.05) is 14.2 Å². The molecule has 0 radical (unpaired) electrons. The van der Waals surface area contributed by atoms with Crippen LogP contribution in [0.4, 0.5) is 0 Å². The maximum Gasteiger partial charge on any atom is 0.261 e. The summed E-state index contributed by atoms with van der Waals surface area (Å²) in [4.78, 5) is 15.0. The Labute approximate surface area is 134 Å². The van der Waals surface area contributed by atoms with Crippen LogP contribution in [0.1, 0.15) is 28.8 Å². The van der Waals surface area contributed by atoms with Crippen molar-refractivity contribution in [3.05, 3.63) is 46.2 Å². The second-order valence-corrected chi connectivity index (χ2v) is 6.11. The van der Waals surface area contributed by atoms with Gasteiger partial charge in [-0.1, -0.05) is 6.07 Å². The molecule has 0 aliphatic heterocycles. The predicted molar refractivity (Wildman–Crippen MR) is 86.8 cm³/mol. The maximum absolute atomic E-state index is 13.1. The lowest BCUT2D eigenvalue weighted by molar-refractivity contribution is 0.0723. The number of hydrogen-bond acceptors (Lipinski definition) is 4. The summed E-state index contributed by atoms with van der Waals surface area (Å²) in [5, 5.41) is 4.12. The van der Waals surface area contributed by atoms with Gasteiger partial charge >= 0.3 is 0 Å². The molecule has 1 heterocycles. The summed E-state index contributed by atoms with van der Waals surface area (Å²) in [6, 6.07) is 7.81. The number of ether oxygens (including phenoxy) is 2. The standard InChI is InChI=1S/C17H19NO3S/c1-20-14-4-3-5-15(21-2)16(14)17(19)18(13-6-7-13)10-12-8-9-22-11-12/h3-5,8-9,11,13H,6-7,10H2,1-2H3. The fourth-order valence-corrected chi connectivity index (χ4v) is 3.20. The van der Waals surface area contributed by atoms with Crippen LogP contribution in [0.5, 0.6) is 11.5 Å². The minimum Gasteiger partial charge on any atom is -0.496 e. The molecule has 1 fully saturated rings. The van der Waals surface area contributed by atoms with Gasteiger partial charge in [0.2, 0.25) is 0 Å². The first-order valence-corrected chi connectivity index (χ1v) is 8.22. The number of benzene rings is 1. The van der Waals surface area contributed by atoms with Crippen molar-refractivity contribution in [3.8, 4) is 11.5 Å². The summed E-state index contributed by atoms with van der Waals surface area (Å²) >= 11 is 1.65. The SMILES string of the molecule is COc1cccc(OC)c1C(=O)N(Cc1ccsc1)C1CC1. The number of methoxy groups -OCH3 is 2. The number of nitrogens with zero attached hydrogens (tertiary/aromatic N) is 1. The summed E-state index contributed by atoms with van der Waals surface area (Å²) in [6.45, 7) is 0.633. The number of rotatable bonds is 6. The van der Waals surface area contributed by atoms with Gasteiger partial charge in [0.15, 0.2) is 0 Å². The molecule has 22 heavy (non-hydrogen) atoms. The summed E-state index contributed by atoms with van der Waals surface area (Å²) in [5.41, 5.74) is 1.67. The van der Waals surface area contributed by atoms with Crippen LogP contribution < -0.4 is 9.47 Å². The smallest absolute Gasteiger partial charge is 0.261 e. The van der Waals surface area contributed by atoms with Crippen molar-refractivity contribution in [3.63, 3.8) is 0 Å². The van der Waals surface area contributed by atoms with Gasteiger partial charge in [-0.2, -0.15) is 11.3 Å². The molecule has 0 saturated heterocycles. The third kappa shape index (κ3) is 2.95. The molecule has 4 nitrogen and oxygen atoms in total. The van der Waals surface area contributed by atoms with Crippen LogP contribution in [0.2, 0.25) is 0 Å². The molecule has 1 aliphatic rings. The molecule has 2 aromatic rings. The van der Waals surface area contributed by atoms with Crippen LogP contribution in [0.25, 0.3) is 0 Å². The molecule has 0 spiro atoms. The highest BCUT2D eigenvalue weighted by Crippen LogP contribution is 2.35. The van der Waals surface area contributed by atoms with E-state index in [-0.39, 0.29) is 5.91 Å². The van der Waals surface area contributed by atoms with Crippen LogP contribution in [0.15, 0.2) is 35.0 Å². The van der Waals surface area contributed by atoms with Gasteiger partial charge < -0.3 is 14.4 Å². The molecule has 1 saturated carbocycles. The number of carbonyl (C=O) groups excluding carboxylic acids is 1. The van der Waals surface area contributed by atoms with E-state index in [1.807, 2.05) is 16.3 Å². The van der Waals surface area contributed by atoms with Crippen LogP contribution in [0, 0.1) is 0 Å². The Morgan fingerprint density at radius 3 is 2.41 bits per heavy atom. The Morgan fingerprint density at radius 2 is 1.91 bits per heavy atom. The van der Waals surface area contributed by atoms with Crippen LogP contribution in [0.3, 0.4) is 0 Å². The Morgan fingerprint density at radius 1 is 1.23 bits per heavy atom. The molecule has 5 heteroatoms. The normalized spacial score (nSPS) is 13.7. The highest BCUT2D eigenvalue weighted by Gasteiger charge is 2.35. The maximum atomic E-state index is 13.1. The number of hydrogen-bond donors (Lipinski definition) is 0. The Kier molecular flexibility index (Phi) is 4.34. The topological polar surface area (TPSA) is 38.8 Å². The molecule has 116 valence electrons. The second-order valence-electron chi connectivity index (χ2n) is 5.33. The monoisotopic (exact) mass is 317 g/mol. The van der Waals surface area contributed by atoms with E-state index in [4.69, 9.17) is 9.47 Å². The lowest BCUT2D eigenvalue weighted by Gasteiger charge is -2.24. The Hall–Kier alpha value is -2.01. The third-order valence-electron chi connectivity index (χ3n) is 3.82. The van der Waals surface area contributed by atoms with Gasteiger partial charge in [-0.3, -0.25) is 4.79 Å². The molecule has 1 aliphatic carbocycles. The summed E-state index contributed by atoms with van der Waals surface area (Å²) in [7, 11) is 3.15. The van der Waals surface area contributed by atoms with Gasteiger partial charge in [0.1, 0.15) is 17.1 Å². The number of thiophene rings is 1. The van der Waals surface area contributed by atoms with Crippen molar-refractivity contribution in [1.29, 1.82) is 0 Å². The van der Waals surface area contributed by atoms with E-state index < -0.39 is 0 Å². The fourth-order valence-electron chi connectivity index (χ4n) is 2.54. The quantitative estimate of drug-likeness (QED) is 0.817. The first kappa shape index (κ1) is 14.9. The average molecular weight is 317 g/mol. The molecular weight excluding hydrogens is 298 g/mol. The van der Waals surface area contributed by atoms with E-state index >= 15 is 0 Å². The van der Waals surface area contributed by atoms with E-state index in [2.05, 4.69) is 11.4 Å². The van der Waals surface area contributed by atoms with E-state index in [0.29, 0.717) is 29.6 Å². The van der Waals surface area contributed by atoms with Crippen LogP contribution >= 0.6 is 11.3 Å². The molecule has 1 aromatic heterocycles. The largest absolute Gasteiger partial charge is 0.496 e. The number of carbonyl (C=O) groups is 1. The van der Waals surface area contributed by atoms with E-state index in [9.17, 15) is 4.79 Å². The van der Waals surface area contributed by atoms with Crippen molar-refractivity contribution in [1.82, 2.24) is 4.90 Å². The zero-order valence-electron chi connectivity index (χ0n) is 12.7. The highest BCUT2D eigenvalue weighted by atomic mass is 32.1. The predicted octanol–water partition coefficient (Wildman–Crippen LogP) is 3.57. The molecule has 0 unspecified atom stereocenters. The molecular formula is C17H19NO3S. The molecule has 0 bridgehead atoms. The van der Waals surface area contributed by atoms with Gasteiger partial charge in [-0.05, 0) is 47.4 Å². The van der Waals surface area contributed by atoms with E-state index in [1.165, 1.54) is 5.56 Å². The third-order valence-corrected chi connectivity index (χ3v) is 4.56. The van der Waals surface area contributed by atoms with Crippen LogP contribution in [-0.4, -0.2) is 31.1 Å². The molecule has 3 rings (SSSR count). The lowest BCUT2D eigenvalue weighted by Crippen LogP contribution is -2.33. The summed E-state index contributed by atoms with van der Waals surface area (Å²) < 4.78 is 10.7. The van der Waals surface area contributed by atoms with Gasteiger partial charge in [-0.15, -0.1) is 0 Å². The second kappa shape index (κ2) is 6.40. The molecule has 1 aromatic carbocycles. The highest BCUT2D eigenvalue weighted by molar-refractivity contribution is 7.07. The fraction of sp³-hybridized carbons (Fsp3) is 0.353. The summed E-state index contributed by atoms with van der Waals surface area (Å²) in [6.07, 6.45) is 2.13. The molecule has 0 atom stereocenters. The average Bonchev–Trinajstić information content (AvgIpc) is 3.27. The zero-order chi connectivity index (χ0) is 15.5. The summed E-state index contributed by atoms with van der Waals surface area (Å²) in [5.74, 6) is 1.09. The Balaban J connectivity index is 1.93. The van der Waals surface area contributed by atoms with Crippen molar-refractivity contribution in [2.45, 2.75) is 25.4 Å². The first-order chi connectivity index (χ1) is 10.7.